The highest BCUT2D eigenvalue weighted by molar-refractivity contribution is 6.11. The highest BCUT2D eigenvalue weighted by Crippen LogP contribution is 2.47. The average molecular weight is 385 g/mol. The van der Waals surface area contributed by atoms with Crippen LogP contribution in [0.1, 0.15) is 46.5 Å². The number of aliphatic hydroxyl groups is 1. The minimum Gasteiger partial charge on any atom is -0.384 e. The molecule has 3 aromatic carbocycles. The minimum absolute atomic E-state index is 0.0473. The lowest BCUT2D eigenvalue weighted by atomic mass is 9.75. The molecule has 3 aromatic rings. The second kappa shape index (κ2) is 7.30. The lowest BCUT2D eigenvalue weighted by Gasteiger charge is -2.26. The summed E-state index contributed by atoms with van der Waals surface area (Å²) in [6, 6.07) is 23.9. The van der Waals surface area contributed by atoms with Gasteiger partial charge in [0.25, 0.3) is 0 Å². The van der Waals surface area contributed by atoms with Crippen LogP contribution >= 0.6 is 0 Å². The summed E-state index contributed by atoms with van der Waals surface area (Å²) in [5, 5.41) is 11.1. The summed E-state index contributed by atoms with van der Waals surface area (Å²) in [6.45, 7) is 1.81. The number of carbonyl (C=O) groups excluding carboxylic acids is 2. The van der Waals surface area contributed by atoms with Gasteiger partial charge < -0.3 is 10.0 Å². The Morgan fingerprint density at radius 2 is 1.59 bits per heavy atom. The first-order valence-corrected chi connectivity index (χ1v) is 9.66. The van der Waals surface area contributed by atoms with E-state index in [1.54, 1.807) is 31.0 Å². The third kappa shape index (κ3) is 3.15. The van der Waals surface area contributed by atoms with E-state index in [9.17, 15) is 14.7 Å². The number of aliphatic hydroxyl groups excluding tert-OH is 1. The number of carbonyl (C=O) groups is 2. The third-order valence-electron chi connectivity index (χ3n) is 5.78. The van der Waals surface area contributed by atoms with Crippen LogP contribution < -0.4 is 4.90 Å². The maximum absolute atomic E-state index is 13.3. The molecule has 1 heterocycles. The smallest absolute Gasteiger partial charge is 0.237 e. The van der Waals surface area contributed by atoms with Crippen LogP contribution in [0.4, 0.5) is 5.69 Å². The summed E-state index contributed by atoms with van der Waals surface area (Å²) >= 11 is 0. The van der Waals surface area contributed by atoms with E-state index in [-0.39, 0.29) is 18.1 Å². The van der Waals surface area contributed by atoms with E-state index in [0.717, 1.165) is 16.8 Å². The van der Waals surface area contributed by atoms with Crippen LogP contribution in [0.3, 0.4) is 0 Å². The fourth-order valence-electron chi connectivity index (χ4n) is 4.28. The van der Waals surface area contributed by atoms with Crippen molar-refractivity contribution in [2.24, 2.45) is 0 Å². The molecule has 1 aliphatic rings. The Bertz CT molecular complexity index is 1060. The van der Waals surface area contributed by atoms with Gasteiger partial charge in [-0.2, -0.15) is 0 Å². The SMILES string of the molecule is CN1C(=O)C(C)(CC(=O)c2ccccc2)c2c(C(O)c3ccccc3)cccc21. The normalized spacial score (nSPS) is 19.1. The molecule has 0 fully saturated rings. The Morgan fingerprint density at radius 1 is 0.966 bits per heavy atom. The number of hydrogen-bond acceptors (Lipinski definition) is 3. The number of benzene rings is 3. The second-order valence-corrected chi connectivity index (χ2v) is 7.72. The fourth-order valence-corrected chi connectivity index (χ4v) is 4.28. The quantitative estimate of drug-likeness (QED) is 0.667. The molecule has 0 saturated heterocycles. The first-order valence-electron chi connectivity index (χ1n) is 9.66. The molecule has 0 saturated carbocycles. The van der Waals surface area contributed by atoms with Gasteiger partial charge in [-0.25, -0.2) is 0 Å². The molecule has 4 heteroatoms. The van der Waals surface area contributed by atoms with Crippen molar-refractivity contribution in [3.63, 3.8) is 0 Å². The van der Waals surface area contributed by atoms with Crippen LogP contribution in [-0.4, -0.2) is 23.8 Å². The van der Waals surface area contributed by atoms with Gasteiger partial charge in [0.05, 0.1) is 5.41 Å². The van der Waals surface area contributed by atoms with E-state index < -0.39 is 11.5 Å². The van der Waals surface area contributed by atoms with E-state index in [2.05, 4.69) is 0 Å². The number of likely N-dealkylation sites (N-methyl/N-ethyl adjacent to an activating group) is 1. The van der Waals surface area contributed by atoms with Gasteiger partial charge in [-0.1, -0.05) is 72.8 Å². The molecule has 146 valence electrons. The molecule has 0 aromatic heterocycles. The lowest BCUT2D eigenvalue weighted by Crippen LogP contribution is -2.38. The Kier molecular flexibility index (Phi) is 4.81. The molecule has 2 atom stereocenters. The highest BCUT2D eigenvalue weighted by atomic mass is 16.3. The highest BCUT2D eigenvalue weighted by Gasteiger charge is 2.49. The number of amides is 1. The Balaban J connectivity index is 1.81. The number of Topliss-reactive ketones (excluding diaryl/α,β-unsaturated/α-hetero) is 1. The summed E-state index contributed by atoms with van der Waals surface area (Å²) < 4.78 is 0. The van der Waals surface area contributed by atoms with E-state index >= 15 is 0 Å². The van der Waals surface area contributed by atoms with E-state index in [0.29, 0.717) is 11.1 Å². The molecular weight excluding hydrogens is 362 g/mol. The Hall–Kier alpha value is -3.24. The molecule has 1 N–H and O–H groups in total. The Labute approximate surface area is 170 Å². The number of anilines is 1. The van der Waals surface area contributed by atoms with Gasteiger partial charge >= 0.3 is 0 Å². The van der Waals surface area contributed by atoms with Crippen LogP contribution in [0.2, 0.25) is 0 Å². The van der Waals surface area contributed by atoms with Crippen molar-refractivity contribution in [2.75, 3.05) is 11.9 Å². The zero-order valence-corrected chi connectivity index (χ0v) is 16.5. The van der Waals surface area contributed by atoms with Gasteiger partial charge in [0, 0.05) is 24.7 Å². The Morgan fingerprint density at radius 3 is 2.24 bits per heavy atom. The van der Waals surface area contributed by atoms with Gasteiger partial charge in [0.2, 0.25) is 5.91 Å². The molecular formula is C25H23NO3. The van der Waals surface area contributed by atoms with Gasteiger partial charge in [0.1, 0.15) is 6.10 Å². The maximum atomic E-state index is 13.3. The zero-order chi connectivity index (χ0) is 20.6. The molecule has 1 amide bonds. The van der Waals surface area contributed by atoms with Crippen molar-refractivity contribution >= 4 is 17.4 Å². The van der Waals surface area contributed by atoms with Gasteiger partial charge in [0.15, 0.2) is 5.78 Å². The average Bonchev–Trinajstić information content (AvgIpc) is 2.96. The maximum Gasteiger partial charge on any atom is 0.237 e. The molecule has 4 nitrogen and oxygen atoms in total. The first-order chi connectivity index (χ1) is 13.9. The third-order valence-corrected chi connectivity index (χ3v) is 5.78. The van der Waals surface area contributed by atoms with Gasteiger partial charge in [-0.3, -0.25) is 9.59 Å². The van der Waals surface area contributed by atoms with Crippen LogP contribution in [0.15, 0.2) is 78.9 Å². The lowest BCUT2D eigenvalue weighted by molar-refractivity contribution is -0.122. The monoisotopic (exact) mass is 385 g/mol. The number of rotatable bonds is 5. The van der Waals surface area contributed by atoms with Crippen molar-refractivity contribution < 1.29 is 14.7 Å². The predicted molar refractivity (Wildman–Crippen MR) is 113 cm³/mol. The van der Waals surface area contributed by atoms with Crippen molar-refractivity contribution in [3.8, 4) is 0 Å². The van der Waals surface area contributed by atoms with Crippen molar-refractivity contribution in [1.82, 2.24) is 0 Å². The van der Waals surface area contributed by atoms with Crippen molar-refractivity contribution in [1.29, 1.82) is 0 Å². The van der Waals surface area contributed by atoms with E-state index in [4.69, 9.17) is 0 Å². The number of ketones is 1. The molecule has 0 bridgehead atoms. The summed E-state index contributed by atoms with van der Waals surface area (Å²) in [5.74, 6) is -0.226. The molecule has 2 unspecified atom stereocenters. The van der Waals surface area contributed by atoms with Crippen LogP contribution in [0.5, 0.6) is 0 Å². The largest absolute Gasteiger partial charge is 0.384 e. The molecule has 0 spiro atoms. The van der Waals surface area contributed by atoms with Crippen molar-refractivity contribution in [2.45, 2.75) is 24.9 Å². The molecule has 0 radical (unpaired) electrons. The zero-order valence-electron chi connectivity index (χ0n) is 16.5. The molecule has 4 rings (SSSR count). The van der Waals surface area contributed by atoms with Crippen LogP contribution in [0, 0.1) is 0 Å². The summed E-state index contributed by atoms with van der Waals surface area (Å²) in [6.07, 6.45) is -0.831. The van der Waals surface area contributed by atoms with Crippen LogP contribution in [-0.2, 0) is 10.2 Å². The van der Waals surface area contributed by atoms with Gasteiger partial charge in [-0.05, 0) is 29.7 Å². The number of nitrogens with zero attached hydrogens (tertiary/aromatic N) is 1. The van der Waals surface area contributed by atoms with Gasteiger partial charge in [-0.15, -0.1) is 0 Å². The van der Waals surface area contributed by atoms with Crippen molar-refractivity contribution in [3.05, 3.63) is 101 Å². The summed E-state index contributed by atoms with van der Waals surface area (Å²) in [5.41, 5.74) is 2.43. The fraction of sp³-hybridized carbons (Fsp3) is 0.200. The standard InChI is InChI=1S/C25H23NO3/c1-25(16-21(27)17-10-5-3-6-11-17)22-19(23(28)18-12-7-4-8-13-18)14-9-15-20(22)26(2)24(25)29/h3-15,23,28H,16H2,1-2H3. The van der Waals surface area contributed by atoms with E-state index in [1.165, 1.54) is 0 Å². The predicted octanol–water partition coefficient (Wildman–Crippen LogP) is 4.28. The molecule has 1 aliphatic heterocycles. The van der Waals surface area contributed by atoms with Crippen LogP contribution in [0.25, 0.3) is 0 Å². The topological polar surface area (TPSA) is 57.6 Å². The number of fused-ring (bicyclic) bond motifs is 1. The van der Waals surface area contributed by atoms with E-state index in [1.807, 2.05) is 66.7 Å². The first kappa shape index (κ1) is 19.1. The minimum atomic E-state index is -1.04. The number of hydrogen-bond donors (Lipinski definition) is 1. The summed E-state index contributed by atoms with van der Waals surface area (Å²) in [7, 11) is 1.72. The molecule has 29 heavy (non-hydrogen) atoms. The second-order valence-electron chi connectivity index (χ2n) is 7.72. The molecule has 0 aliphatic carbocycles. The summed E-state index contributed by atoms with van der Waals surface area (Å²) in [4.78, 5) is 27.8.